The van der Waals surface area contributed by atoms with Crippen molar-refractivity contribution in [2.75, 3.05) is 25.6 Å². The van der Waals surface area contributed by atoms with Crippen molar-refractivity contribution in [2.24, 2.45) is 0 Å². The normalized spacial score (nSPS) is 10.1. The molecule has 0 spiro atoms. The minimum atomic E-state index is -0.648. The first-order chi connectivity index (χ1) is 15.1. The Hall–Kier alpha value is -4.00. The van der Waals surface area contributed by atoms with Crippen molar-refractivity contribution in [2.45, 2.75) is 6.92 Å². The van der Waals surface area contributed by atoms with E-state index >= 15 is 0 Å². The van der Waals surface area contributed by atoms with Gasteiger partial charge in [-0.25, -0.2) is 4.79 Å². The van der Waals surface area contributed by atoms with Crippen molar-refractivity contribution in [1.29, 1.82) is 0 Å². The monoisotopic (exact) mass is 421 g/mol. The van der Waals surface area contributed by atoms with Gasteiger partial charge in [0.15, 0.2) is 23.9 Å². The number of carbonyl (C=O) groups excluding carboxylic acids is 2. The summed E-state index contributed by atoms with van der Waals surface area (Å²) < 4.78 is 21.6. The summed E-state index contributed by atoms with van der Waals surface area (Å²) in [7, 11) is 1.48. The van der Waals surface area contributed by atoms with Crippen LogP contribution in [-0.2, 0) is 9.53 Å². The molecule has 7 nitrogen and oxygen atoms in total. The minimum absolute atomic E-state index is 0.251. The molecule has 3 aromatic rings. The number of hydrogen-bond acceptors (Lipinski definition) is 6. The maximum Gasteiger partial charge on any atom is 0.338 e. The van der Waals surface area contributed by atoms with E-state index in [4.69, 9.17) is 18.9 Å². The smallest absolute Gasteiger partial charge is 0.338 e. The molecule has 0 saturated carbocycles. The molecule has 0 saturated heterocycles. The zero-order valence-electron chi connectivity index (χ0n) is 17.3. The van der Waals surface area contributed by atoms with Crippen molar-refractivity contribution < 1.29 is 28.5 Å². The number of hydrogen-bond donors (Lipinski definition) is 1. The number of para-hydroxylation sites is 3. The van der Waals surface area contributed by atoms with Crippen molar-refractivity contribution in [3.63, 3.8) is 0 Å². The van der Waals surface area contributed by atoms with Gasteiger partial charge in [-0.1, -0.05) is 30.3 Å². The van der Waals surface area contributed by atoms with Gasteiger partial charge in [0, 0.05) is 0 Å². The molecule has 1 amide bonds. The summed E-state index contributed by atoms with van der Waals surface area (Å²) >= 11 is 0. The molecule has 0 aliphatic carbocycles. The largest absolute Gasteiger partial charge is 0.493 e. The van der Waals surface area contributed by atoms with Crippen molar-refractivity contribution >= 4 is 17.6 Å². The van der Waals surface area contributed by atoms with Crippen molar-refractivity contribution in [1.82, 2.24) is 0 Å². The van der Waals surface area contributed by atoms with Crippen molar-refractivity contribution in [3.05, 3.63) is 78.4 Å². The van der Waals surface area contributed by atoms with Gasteiger partial charge >= 0.3 is 5.97 Å². The number of ether oxygens (including phenoxy) is 4. The summed E-state index contributed by atoms with van der Waals surface area (Å²) in [6.45, 7) is 1.87. The Morgan fingerprint density at radius 2 is 1.61 bits per heavy atom. The second-order valence-corrected chi connectivity index (χ2v) is 6.33. The summed E-state index contributed by atoms with van der Waals surface area (Å²) in [6, 6.07) is 20.9. The zero-order chi connectivity index (χ0) is 22.1. The van der Waals surface area contributed by atoms with Gasteiger partial charge in [0.25, 0.3) is 5.91 Å². The molecule has 0 aliphatic rings. The van der Waals surface area contributed by atoms with Gasteiger partial charge in [0.05, 0.1) is 25.0 Å². The molecule has 0 radical (unpaired) electrons. The molecule has 3 rings (SSSR count). The lowest BCUT2D eigenvalue weighted by molar-refractivity contribution is -0.119. The van der Waals surface area contributed by atoms with Gasteiger partial charge < -0.3 is 24.3 Å². The van der Waals surface area contributed by atoms with Crippen LogP contribution in [0.4, 0.5) is 5.69 Å². The molecule has 160 valence electrons. The van der Waals surface area contributed by atoms with Crippen LogP contribution in [0.2, 0.25) is 0 Å². The number of carbonyl (C=O) groups is 2. The molecule has 0 aliphatic heterocycles. The molecule has 0 aromatic heterocycles. The molecular formula is C24H23NO6. The molecule has 1 N–H and O–H groups in total. The van der Waals surface area contributed by atoms with E-state index in [-0.39, 0.29) is 5.56 Å². The van der Waals surface area contributed by atoms with E-state index in [0.29, 0.717) is 35.3 Å². The van der Waals surface area contributed by atoms with E-state index in [1.54, 1.807) is 36.4 Å². The molecule has 0 fully saturated rings. The summed E-state index contributed by atoms with van der Waals surface area (Å²) in [5.41, 5.74) is 0.719. The van der Waals surface area contributed by atoms with Crippen LogP contribution in [0.15, 0.2) is 72.8 Å². The quantitative estimate of drug-likeness (QED) is 0.505. The highest BCUT2D eigenvalue weighted by molar-refractivity contribution is 5.96. The van der Waals surface area contributed by atoms with Crippen molar-refractivity contribution in [3.8, 4) is 23.0 Å². The first-order valence-electron chi connectivity index (χ1n) is 9.70. The Morgan fingerprint density at radius 3 is 2.35 bits per heavy atom. The Morgan fingerprint density at radius 1 is 0.871 bits per heavy atom. The number of esters is 1. The van der Waals surface area contributed by atoms with Crippen LogP contribution in [0.25, 0.3) is 0 Å². The zero-order valence-corrected chi connectivity index (χ0v) is 17.3. The Kier molecular flexibility index (Phi) is 7.48. The maximum atomic E-state index is 12.3. The highest BCUT2D eigenvalue weighted by Crippen LogP contribution is 2.30. The molecule has 0 bridgehead atoms. The van der Waals surface area contributed by atoms with Crippen LogP contribution in [0.1, 0.15) is 17.3 Å². The average molecular weight is 421 g/mol. The SMILES string of the molecule is CCOc1ccc(C(=O)OCC(=O)Nc2ccccc2Oc2ccccc2)cc1OC. The number of benzene rings is 3. The van der Waals surface area contributed by atoms with E-state index in [2.05, 4.69) is 5.32 Å². The Balaban J connectivity index is 1.60. The third kappa shape index (κ3) is 5.99. The fourth-order valence-corrected chi connectivity index (χ4v) is 2.74. The molecule has 0 heterocycles. The molecule has 0 atom stereocenters. The van der Waals surface area contributed by atoms with Gasteiger partial charge in [-0.2, -0.15) is 0 Å². The second kappa shape index (κ2) is 10.7. The van der Waals surface area contributed by atoms with Gasteiger partial charge in [-0.3, -0.25) is 4.79 Å². The summed E-state index contributed by atoms with van der Waals surface area (Å²) in [4.78, 5) is 24.7. The number of methoxy groups -OCH3 is 1. The molecule has 7 heteroatoms. The summed E-state index contributed by atoms with van der Waals surface area (Å²) in [6.07, 6.45) is 0. The molecule has 0 unspecified atom stereocenters. The third-order valence-electron chi connectivity index (χ3n) is 4.17. The van der Waals surface area contributed by atoms with Crippen LogP contribution < -0.4 is 19.5 Å². The van der Waals surface area contributed by atoms with Crippen LogP contribution >= 0.6 is 0 Å². The fraction of sp³-hybridized carbons (Fsp3) is 0.167. The maximum absolute atomic E-state index is 12.3. The lowest BCUT2D eigenvalue weighted by Gasteiger charge is -2.13. The average Bonchev–Trinajstić information content (AvgIpc) is 2.80. The summed E-state index contributed by atoms with van der Waals surface area (Å²) in [5.74, 6) is 0.910. The van der Waals surface area contributed by atoms with E-state index in [1.807, 2.05) is 37.3 Å². The number of nitrogens with one attached hydrogen (secondary N) is 1. The van der Waals surface area contributed by atoms with Crippen LogP contribution in [0.3, 0.4) is 0 Å². The lowest BCUT2D eigenvalue weighted by Crippen LogP contribution is -2.21. The number of rotatable bonds is 9. The van der Waals surface area contributed by atoms with Gasteiger partial charge in [0.2, 0.25) is 0 Å². The lowest BCUT2D eigenvalue weighted by atomic mass is 10.2. The Labute approximate surface area is 180 Å². The third-order valence-corrected chi connectivity index (χ3v) is 4.17. The number of amides is 1. The standard InChI is InChI=1S/C24H23NO6/c1-3-29-21-14-13-17(15-22(21)28-2)24(27)30-16-23(26)25-19-11-7-8-12-20(19)31-18-9-5-4-6-10-18/h4-15H,3,16H2,1-2H3,(H,25,26). The molecule has 31 heavy (non-hydrogen) atoms. The summed E-state index contributed by atoms with van der Waals surface area (Å²) in [5, 5.41) is 2.70. The number of anilines is 1. The van der Waals surface area contributed by atoms with Crippen LogP contribution in [0.5, 0.6) is 23.0 Å². The highest BCUT2D eigenvalue weighted by Gasteiger charge is 2.15. The van der Waals surface area contributed by atoms with E-state index in [1.165, 1.54) is 13.2 Å². The fourth-order valence-electron chi connectivity index (χ4n) is 2.74. The second-order valence-electron chi connectivity index (χ2n) is 6.33. The van der Waals surface area contributed by atoms with E-state index in [0.717, 1.165) is 0 Å². The first-order valence-corrected chi connectivity index (χ1v) is 9.70. The van der Waals surface area contributed by atoms with E-state index < -0.39 is 18.5 Å². The van der Waals surface area contributed by atoms with Crippen LogP contribution in [-0.4, -0.2) is 32.2 Å². The van der Waals surface area contributed by atoms with Crippen LogP contribution in [0, 0.1) is 0 Å². The predicted octanol–water partition coefficient (Wildman–Crippen LogP) is 4.68. The van der Waals surface area contributed by atoms with E-state index in [9.17, 15) is 9.59 Å². The van der Waals surface area contributed by atoms with Gasteiger partial charge in [-0.15, -0.1) is 0 Å². The van der Waals surface area contributed by atoms with Gasteiger partial charge in [-0.05, 0) is 49.4 Å². The first kappa shape index (κ1) is 21.7. The predicted molar refractivity (Wildman–Crippen MR) is 116 cm³/mol. The topological polar surface area (TPSA) is 83.1 Å². The minimum Gasteiger partial charge on any atom is -0.493 e. The van der Waals surface area contributed by atoms with Gasteiger partial charge in [0.1, 0.15) is 5.75 Å². The Bertz CT molecular complexity index is 1040. The molecule has 3 aromatic carbocycles. The molecular weight excluding hydrogens is 398 g/mol. The highest BCUT2D eigenvalue weighted by atomic mass is 16.5.